The molecule has 2 aromatic heterocycles. The van der Waals surface area contributed by atoms with Gasteiger partial charge in [-0.05, 0) is 18.6 Å². The first-order valence-electron chi connectivity index (χ1n) is 6.64. The van der Waals surface area contributed by atoms with Crippen LogP contribution >= 0.6 is 11.6 Å². The molecule has 7 nitrogen and oxygen atoms in total. The van der Waals surface area contributed by atoms with Crippen LogP contribution in [-0.4, -0.2) is 32.3 Å². The molecule has 8 heteroatoms. The van der Waals surface area contributed by atoms with Gasteiger partial charge in [0.25, 0.3) is 0 Å². The van der Waals surface area contributed by atoms with E-state index in [1.54, 1.807) is 16.9 Å². The third-order valence-corrected chi connectivity index (χ3v) is 3.00. The average molecular weight is 308 g/mol. The molecule has 0 saturated carbocycles. The number of aliphatic imine (C=N–C) groups is 1. The summed E-state index contributed by atoms with van der Waals surface area (Å²) in [6.07, 6.45) is 3.25. The van der Waals surface area contributed by atoms with Crippen molar-refractivity contribution >= 4 is 17.6 Å². The fourth-order valence-corrected chi connectivity index (χ4v) is 1.77. The number of hydrogen-bond donors (Lipinski definition) is 2. The maximum absolute atomic E-state index is 5.76. The summed E-state index contributed by atoms with van der Waals surface area (Å²) in [5.41, 5.74) is 0.996. The Morgan fingerprint density at radius 1 is 1.33 bits per heavy atom. The first-order valence-corrected chi connectivity index (χ1v) is 7.02. The molecular weight excluding hydrogens is 290 g/mol. The maximum atomic E-state index is 5.76. The zero-order chi connectivity index (χ0) is 15.1. The van der Waals surface area contributed by atoms with Crippen LogP contribution in [-0.2, 0) is 20.1 Å². The highest BCUT2D eigenvalue weighted by Crippen LogP contribution is 2.06. The van der Waals surface area contributed by atoms with Gasteiger partial charge < -0.3 is 10.6 Å². The van der Waals surface area contributed by atoms with Crippen LogP contribution in [0.1, 0.15) is 18.3 Å². The van der Waals surface area contributed by atoms with Crippen molar-refractivity contribution in [2.75, 3.05) is 6.54 Å². The molecule has 0 amide bonds. The summed E-state index contributed by atoms with van der Waals surface area (Å²) >= 11 is 5.76. The van der Waals surface area contributed by atoms with Crippen LogP contribution in [0.4, 0.5) is 0 Å². The quantitative estimate of drug-likeness (QED) is 0.491. The largest absolute Gasteiger partial charge is 0.357 e. The second kappa shape index (κ2) is 7.58. The molecule has 2 rings (SSSR count). The van der Waals surface area contributed by atoms with E-state index < -0.39 is 0 Å². The molecule has 0 unspecified atom stereocenters. The molecule has 2 aromatic rings. The maximum Gasteiger partial charge on any atom is 0.191 e. The Kier molecular flexibility index (Phi) is 5.51. The molecule has 0 aromatic carbocycles. The highest BCUT2D eigenvalue weighted by Gasteiger charge is 2.02. The highest BCUT2D eigenvalue weighted by molar-refractivity contribution is 6.29. The van der Waals surface area contributed by atoms with Gasteiger partial charge in [-0.3, -0.25) is 4.68 Å². The van der Waals surface area contributed by atoms with Crippen LogP contribution in [0.3, 0.4) is 0 Å². The number of aromatic nitrogens is 4. The van der Waals surface area contributed by atoms with Gasteiger partial charge in [0, 0.05) is 19.8 Å². The predicted molar refractivity (Wildman–Crippen MR) is 81.9 cm³/mol. The number of rotatable bonds is 5. The van der Waals surface area contributed by atoms with Crippen molar-refractivity contribution < 1.29 is 0 Å². The lowest BCUT2D eigenvalue weighted by Crippen LogP contribution is -2.37. The predicted octanol–water partition coefficient (Wildman–Crippen LogP) is 1.12. The zero-order valence-corrected chi connectivity index (χ0v) is 12.8. The SMILES string of the molecule is CCNC(=NCc1ccc(Cl)nc1)NCc1ncnn1C. The molecular formula is C13H18ClN7. The molecule has 0 bridgehead atoms. The van der Waals surface area contributed by atoms with Gasteiger partial charge in [0.15, 0.2) is 5.96 Å². The summed E-state index contributed by atoms with van der Waals surface area (Å²) < 4.78 is 1.72. The Morgan fingerprint density at radius 3 is 2.81 bits per heavy atom. The summed E-state index contributed by atoms with van der Waals surface area (Å²) in [5, 5.41) is 10.9. The van der Waals surface area contributed by atoms with E-state index in [4.69, 9.17) is 11.6 Å². The van der Waals surface area contributed by atoms with Gasteiger partial charge in [0.1, 0.15) is 17.3 Å². The number of guanidine groups is 1. The molecule has 0 spiro atoms. The van der Waals surface area contributed by atoms with Crippen LogP contribution in [0.25, 0.3) is 0 Å². The first-order chi connectivity index (χ1) is 10.2. The molecule has 0 saturated heterocycles. The van der Waals surface area contributed by atoms with E-state index >= 15 is 0 Å². The summed E-state index contributed by atoms with van der Waals surface area (Å²) in [6, 6.07) is 3.66. The lowest BCUT2D eigenvalue weighted by Gasteiger charge is -2.10. The summed E-state index contributed by atoms with van der Waals surface area (Å²) in [4.78, 5) is 12.7. The molecule has 0 aliphatic heterocycles. The second-order valence-corrected chi connectivity index (χ2v) is 4.73. The zero-order valence-electron chi connectivity index (χ0n) is 12.0. The van der Waals surface area contributed by atoms with E-state index in [1.165, 1.54) is 6.33 Å². The summed E-state index contributed by atoms with van der Waals surface area (Å²) in [5.74, 6) is 1.56. The van der Waals surface area contributed by atoms with E-state index in [2.05, 4.69) is 30.7 Å². The van der Waals surface area contributed by atoms with Crippen molar-refractivity contribution in [3.8, 4) is 0 Å². The Morgan fingerprint density at radius 2 is 2.19 bits per heavy atom. The van der Waals surface area contributed by atoms with Crippen LogP contribution in [0.15, 0.2) is 29.6 Å². The van der Waals surface area contributed by atoms with E-state index in [0.29, 0.717) is 18.2 Å². The molecule has 112 valence electrons. The Balaban J connectivity index is 1.95. The number of nitrogens with one attached hydrogen (secondary N) is 2. The van der Waals surface area contributed by atoms with Crippen LogP contribution in [0, 0.1) is 0 Å². The molecule has 0 aliphatic rings. The molecule has 0 fully saturated rings. The Bertz CT molecular complexity index is 591. The number of pyridine rings is 1. The number of aryl methyl sites for hydroxylation is 1. The lowest BCUT2D eigenvalue weighted by molar-refractivity contribution is 0.673. The molecule has 21 heavy (non-hydrogen) atoms. The van der Waals surface area contributed by atoms with E-state index in [9.17, 15) is 0 Å². The third kappa shape index (κ3) is 4.71. The van der Waals surface area contributed by atoms with Gasteiger partial charge in [-0.1, -0.05) is 17.7 Å². The number of nitrogens with zero attached hydrogens (tertiary/aromatic N) is 5. The van der Waals surface area contributed by atoms with Crippen molar-refractivity contribution in [1.82, 2.24) is 30.4 Å². The lowest BCUT2D eigenvalue weighted by atomic mass is 10.3. The van der Waals surface area contributed by atoms with E-state index in [0.717, 1.165) is 23.9 Å². The molecule has 2 N–H and O–H groups in total. The van der Waals surface area contributed by atoms with Crippen molar-refractivity contribution in [2.24, 2.45) is 12.0 Å². The highest BCUT2D eigenvalue weighted by atomic mass is 35.5. The van der Waals surface area contributed by atoms with Gasteiger partial charge >= 0.3 is 0 Å². The standard InChI is InChI=1S/C13H18ClN7/c1-3-15-13(18-8-12-19-9-20-21(12)2)17-7-10-4-5-11(14)16-6-10/h4-6,9H,3,7-8H2,1-2H3,(H2,15,17,18). The van der Waals surface area contributed by atoms with Crippen molar-refractivity contribution in [3.63, 3.8) is 0 Å². The van der Waals surface area contributed by atoms with Crippen molar-refractivity contribution in [1.29, 1.82) is 0 Å². The number of hydrogen-bond acceptors (Lipinski definition) is 4. The minimum absolute atomic E-state index is 0.482. The average Bonchev–Trinajstić information content (AvgIpc) is 2.89. The molecule has 0 atom stereocenters. The van der Waals surface area contributed by atoms with Crippen molar-refractivity contribution in [2.45, 2.75) is 20.0 Å². The summed E-state index contributed by atoms with van der Waals surface area (Å²) in [6.45, 7) is 3.88. The second-order valence-electron chi connectivity index (χ2n) is 4.34. The fourth-order valence-electron chi connectivity index (χ4n) is 1.66. The van der Waals surface area contributed by atoms with Gasteiger partial charge in [-0.2, -0.15) is 5.10 Å². The van der Waals surface area contributed by atoms with Crippen LogP contribution in [0.2, 0.25) is 5.15 Å². The summed E-state index contributed by atoms with van der Waals surface area (Å²) in [7, 11) is 1.85. The minimum atomic E-state index is 0.482. The first kappa shape index (κ1) is 15.2. The smallest absolute Gasteiger partial charge is 0.191 e. The monoisotopic (exact) mass is 307 g/mol. The minimum Gasteiger partial charge on any atom is -0.357 e. The topological polar surface area (TPSA) is 80.0 Å². The van der Waals surface area contributed by atoms with Gasteiger partial charge in [-0.15, -0.1) is 0 Å². The van der Waals surface area contributed by atoms with E-state index in [1.807, 2.05) is 20.0 Å². The van der Waals surface area contributed by atoms with Gasteiger partial charge in [0.05, 0.1) is 13.1 Å². The van der Waals surface area contributed by atoms with Crippen molar-refractivity contribution in [3.05, 3.63) is 41.2 Å². The Hall–Kier alpha value is -2.15. The molecule has 0 aliphatic carbocycles. The van der Waals surface area contributed by atoms with Gasteiger partial charge in [0.2, 0.25) is 0 Å². The fraction of sp³-hybridized carbons (Fsp3) is 0.385. The Labute approximate surface area is 128 Å². The normalized spacial score (nSPS) is 11.5. The van der Waals surface area contributed by atoms with Gasteiger partial charge in [-0.25, -0.2) is 15.0 Å². The van der Waals surface area contributed by atoms with Crippen LogP contribution < -0.4 is 10.6 Å². The third-order valence-electron chi connectivity index (χ3n) is 2.77. The van der Waals surface area contributed by atoms with E-state index in [-0.39, 0.29) is 0 Å². The molecule has 0 radical (unpaired) electrons. The molecule has 2 heterocycles. The number of halogens is 1. The van der Waals surface area contributed by atoms with Crippen LogP contribution in [0.5, 0.6) is 0 Å².